The lowest BCUT2D eigenvalue weighted by atomic mass is 10.0. The van der Waals surface area contributed by atoms with Crippen molar-refractivity contribution in [2.45, 2.75) is 0 Å². The molecule has 3 aromatic rings. The first-order valence-corrected chi connectivity index (χ1v) is 6.76. The van der Waals surface area contributed by atoms with E-state index in [-0.39, 0.29) is 0 Å². The monoisotopic (exact) mass is 313 g/mol. The van der Waals surface area contributed by atoms with Crippen molar-refractivity contribution in [3.63, 3.8) is 0 Å². The highest BCUT2D eigenvalue weighted by Crippen LogP contribution is 2.34. The molecular weight excluding hydrogens is 302 g/mol. The van der Waals surface area contributed by atoms with Gasteiger partial charge in [0.25, 0.3) is 0 Å². The number of benzene rings is 2. The van der Waals surface area contributed by atoms with Crippen molar-refractivity contribution < 1.29 is 4.74 Å². The van der Waals surface area contributed by atoms with Gasteiger partial charge in [-0.3, -0.25) is 4.98 Å². The number of fused-ring (bicyclic) bond motifs is 1. The Labute approximate surface area is 120 Å². The third-order valence-electron chi connectivity index (χ3n) is 3.11. The van der Waals surface area contributed by atoms with E-state index in [1.54, 1.807) is 7.11 Å². The van der Waals surface area contributed by atoms with Gasteiger partial charge >= 0.3 is 0 Å². The predicted octanol–water partition coefficient (Wildman–Crippen LogP) is 4.67. The van der Waals surface area contributed by atoms with Crippen LogP contribution >= 0.6 is 15.9 Å². The summed E-state index contributed by atoms with van der Waals surface area (Å²) >= 11 is 3.59. The lowest BCUT2D eigenvalue weighted by Crippen LogP contribution is -1.87. The minimum Gasteiger partial charge on any atom is -0.497 e. The highest BCUT2D eigenvalue weighted by atomic mass is 79.9. The van der Waals surface area contributed by atoms with Crippen LogP contribution in [0.25, 0.3) is 22.0 Å². The Morgan fingerprint density at radius 3 is 2.63 bits per heavy atom. The Kier molecular flexibility index (Phi) is 3.22. The molecule has 1 aromatic heterocycles. The molecule has 1 heterocycles. The zero-order valence-electron chi connectivity index (χ0n) is 10.4. The molecule has 0 atom stereocenters. The molecule has 0 amide bonds. The maximum atomic E-state index is 5.29. The second-order valence-corrected chi connectivity index (χ2v) is 5.08. The van der Waals surface area contributed by atoms with Crippen molar-refractivity contribution in [3.05, 3.63) is 59.2 Å². The van der Waals surface area contributed by atoms with Crippen LogP contribution in [0.1, 0.15) is 0 Å². The van der Waals surface area contributed by atoms with E-state index in [0.717, 1.165) is 32.3 Å². The van der Waals surface area contributed by atoms with Crippen molar-refractivity contribution in [2.24, 2.45) is 0 Å². The Hall–Kier alpha value is -1.87. The van der Waals surface area contributed by atoms with Gasteiger partial charge < -0.3 is 4.74 Å². The topological polar surface area (TPSA) is 22.1 Å². The van der Waals surface area contributed by atoms with E-state index in [1.165, 1.54) is 0 Å². The summed E-state index contributed by atoms with van der Waals surface area (Å²) in [6.07, 6.45) is 1.81. The molecule has 0 saturated carbocycles. The largest absolute Gasteiger partial charge is 0.497 e. The summed E-state index contributed by atoms with van der Waals surface area (Å²) in [5, 5.41) is 2.29. The van der Waals surface area contributed by atoms with Gasteiger partial charge in [0, 0.05) is 21.6 Å². The molecular formula is C16H12BrNO. The van der Waals surface area contributed by atoms with E-state index in [9.17, 15) is 0 Å². The van der Waals surface area contributed by atoms with Crippen molar-refractivity contribution in [2.75, 3.05) is 7.11 Å². The number of nitrogens with zero attached hydrogens (tertiary/aromatic N) is 1. The quantitative estimate of drug-likeness (QED) is 0.685. The lowest BCUT2D eigenvalue weighted by molar-refractivity contribution is 0.415. The first-order chi connectivity index (χ1) is 9.29. The molecule has 3 rings (SSSR count). The van der Waals surface area contributed by atoms with Crippen LogP contribution < -0.4 is 4.74 Å². The van der Waals surface area contributed by atoms with E-state index in [4.69, 9.17) is 4.74 Å². The normalized spacial score (nSPS) is 10.6. The van der Waals surface area contributed by atoms with Crippen LogP contribution in [0, 0.1) is 0 Å². The number of aromatic nitrogens is 1. The minimum absolute atomic E-state index is 0.853. The number of ether oxygens (including phenoxy) is 1. The van der Waals surface area contributed by atoms with E-state index < -0.39 is 0 Å². The highest BCUT2D eigenvalue weighted by molar-refractivity contribution is 9.10. The Morgan fingerprint density at radius 2 is 1.89 bits per heavy atom. The average molecular weight is 314 g/mol. The molecule has 0 N–H and O–H groups in total. The molecule has 2 nitrogen and oxygen atoms in total. The average Bonchev–Trinajstić information content (AvgIpc) is 2.48. The summed E-state index contributed by atoms with van der Waals surface area (Å²) in [5.41, 5.74) is 2.10. The standard InChI is InChI=1S/C16H12BrNO/c1-19-11-5-6-12-13(16-4-2-3-9-18-16)7-8-15(17)14(12)10-11/h2-10H,1H3. The number of halogens is 1. The molecule has 0 radical (unpaired) electrons. The molecule has 0 aliphatic heterocycles. The summed E-state index contributed by atoms with van der Waals surface area (Å²) in [5.74, 6) is 0.853. The third kappa shape index (κ3) is 2.22. The lowest BCUT2D eigenvalue weighted by Gasteiger charge is -2.09. The highest BCUT2D eigenvalue weighted by Gasteiger charge is 2.08. The van der Waals surface area contributed by atoms with Gasteiger partial charge in [-0.15, -0.1) is 0 Å². The Bertz CT molecular complexity index is 725. The van der Waals surface area contributed by atoms with Crippen LogP contribution in [0.2, 0.25) is 0 Å². The van der Waals surface area contributed by atoms with Gasteiger partial charge in [0.05, 0.1) is 12.8 Å². The van der Waals surface area contributed by atoms with Gasteiger partial charge in [0.1, 0.15) is 5.75 Å². The van der Waals surface area contributed by atoms with Crippen molar-refractivity contribution >= 4 is 26.7 Å². The summed E-state index contributed by atoms with van der Waals surface area (Å²) in [7, 11) is 1.68. The van der Waals surface area contributed by atoms with Gasteiger partial charge in [-0.2, -0.15) is 0 Å². The summed E-state index contributed by atoms with van der Waals surface area (Å²) < 4.78 is 6.34. The van der Waals surface area contributed by atoms with Crippen molar-refractivity contribution in [3.8, 4) is 17.0 Å². The van der Waals surface area contributed by atoms with Crippen LogP contribution in [0.3, 0.4) is 0 Å². The smallest absolute Gasteiger partial charge is 0.119 e. The molecule has 0 fully saturated rings. The van der Waals surface area contributed by atoms with Crippen LogP contribution in [0.5, 0.6) is 5.75 Å². The van der Waals surface area contributed by atoms with Crippen LogP contribution in [-0.4, -0.2) is 12.1 Å². The van der Waals surface area contributed by atoms with Crippen molar-refractivity contribution in [1.82, 2.24) is 4.98 Å². The second kappa shape index (κ2) is 5.02. The molecule has 3 heteroatoms. The second-order valence-electron chi connectivity index (χ2n) is 4.22. The molecule has 0 spiro atoms. The van der Waals surface area contributed by atoms with Gasteiger partial charge in [-0.1, -0.05) is 28.1 Å². The maximum absolute atomic E-state index is 5.29. The van der Waals surface area contributed by atoms with Gasteiger partial charge in [0.15, 0.2) is 0 Å². The minimum atomic E-state index is 0.853. The summed E-state index contributed by atoms with van der Waals surface area (Å²) in [6.45, 7) is 0. The fraction of sp³-hybridized carbons (Fsp3) is 0.0625. The summed E-state index contributed by atoms with van der Waals surface area (Å²) in [6, 6.07) is 16.2. The number of methoxy groups -OCH3 is 1. The SMILES string of the molecule is COc1ccc2c(-c3ccccn3)ccc(Br)c2c1. The number of hydrogen-bond acceptors (Lipinski definition) is 2. The Morgan fingerprint density at radius 1 is 1.00 bits per heavy atom. The van der Waals surface area contributed by atoms with Crippen LogP contribution in [0.4, 0.5) is 0 Å². The molecule has 0 aliphatic rings. The van der Waals surface area contributed by atoms with Crippen molar-refractivity contribution in [1.29, 1.82) is 0 Å². The first-order valence-electron chi connectivity index (χ1n) is 5.97. The van der Waals surface area contributed by atoms with Gasteiger partial charge in [-0.25, -0.2) is 0 Å². The van der Waals surface area contributed by atoms with Crippen LogP contribution in [-0.2, 0) is 0 Å². The van der Waals surface area contributed by atoms with Crippen LogP contribution in [0.15, 0.2) is 59.2 Å². The van der Waals surface area contributed by atoms with E-state index >= 15 is 0 Å². The maximum Gasteiger partial charge on any atom is 0.119 e. The molecule has 0 saturated heterocycles. The zero-order chi connectivity index (χ0) is 13.2. The number of rotatable bonds is 2. The molecule has 0 bridgehead atoms. The molecule has 0 unspecified atom stereocenters. The molecule has 19 heavy (non-hydrogen) atoms. The first kappa shape index (κ1) is 12.2. The Balaban J connectivity index is 2.30. The third-order valence-corrected chi connectivity index (χ3v) is 3.80. The predicted molar refractivity (Wildman–Crippen MR) is 81.4 cm³/mol. The van der Waals surface area contributed by atoms with E-state index in [1.807, 2.05) is 42.6 Å². The molecule has 0 aliphatic carbocycles. The van der Waals surface area contributed by atoms with Gasteiger partial charge in [0.2, 0.25) is 0 Å². The van der Waals surface area contributed by atoms with Gasteiger partial charge in [-0.05, 0) is 41.8 Å². The zero-order valence-corrected chi connectivity index (χ0v) is 12.0. The molecule has 2 aromatic carbocycles. The van der Waals surface area contributed by atoms with E-state index in [2.05, 4.69) is 33.0 Å². The molecule has 94 valence electrons. The fourth-order valence-corrected chi connectivity index (χ4v) is 2.62. The summed E-state index contributed by atoms with van der Waals surface area (Å²) in [4.78, 5) is 4.42. The number of hydrogen-bond donors (Lipinski definition) is 0. The van der Waals surface area contributed by atoms with E-state index in [0.29, 0.717) is 0 Å². The number of pyridine rings is 1. The fourth-order valence-electron chi connectivity index (χ4n) is 2.16.